The van der Waals surface area contributed by atoms with Gasteiger partial charge in [-0.25, -0.2) is 0 Å². The van der Waals surface area contributed by atoms with Gasteiger partial charge < -0.3 is 10.8 Å². The van der Waals surface area contributed by atoms with E-state index in [9.17, 15) is 5.11 Å². The first-order chi connectivity index (χ1) is 5.72. The molecule has 0 saturated heterocycles. The topological polar surface area (TPSA) is 46.2 Å². The highest BCUT2D eigenvalue weighted by molar-refractivity contribution is 5.24. The standard InChI is InChI=1S/C10H13NO/c11-9(10(12)6-7-10)8-4-2-1-3-5-8/h1-5,9,12H,6-7,11H2/t9-/m1/s1. The van der Waals surface area contributed by atoms with Crippen molar-refractivity contribution in [3.63, 3.8) is 0 Å². The number of aliphatic hydroxyl groups is 1. The van der Waals surface area contributed by atoms with Crippen molar-refractivity contribution in [3.8, 4) is 0 Å². The van der Waals surface area contributed by atoms with E-state index >= 15 is 0 Å². The van der Waals surface area contributed by atoms with Gasteiger partial charge in [0.15, 0.2) is 0 Å². The lowest BCUT2D eigenvalue weighted by atomic mass is 10.0. The molecule has 0 amide bonds. The molecule has 1 aliphatic rings. The molecule has 2 rings (SSSR count). The van der Waals surface area contributed by atoms with Crippen LogP contribution in [0.1, 0.15) is 24.4 Å². The highest BCUT2D eigenvalue weighted by Gasteiger charge is 2.46. The average Bonchev–Trinajstić information content (AvgIpc) is 2.85. The predicted molar refractivity (Wildman–Crippen MR) is 47.6 cm³/mol. The molecule has 0 radical (unpaired) electrons. The van der Waals surface area contributed by atoms with Gasteiger partial charge in [0.25, 0.3) is 0 Å². The Morgan fingerprint density at radius 3 is 2.33 bits per heavy atom. The van der Waals surface area contributed by atoms with Crippen LogP contribution in [-0.4, -0.2) is 10.7 Å². The first-order valence-electron chi connectivity index (χ1n) is 4.25. The second-order valence-corrected chi connectivity index (χ2v) is 3.49. The smallest absolute Gasteiger partial charge is 0.0841 e. The zero-order chi connectivity index (χ0) is 8.60. The fourth-order valence-corrected chi connectivity index (χ4v) is 1.41. The highest BCUT2D eigenvalue weighted by Crippen LogP contribution is 2.44. The second-order valence-electron chi connectivity index (χ2n) is 3.49. The van der Waals surface area contributed by atoms with Crippen molar-refractivity contribution in [3.05, 3.63) is 35.9 Å². The molecular weight excluding hydrogens is 150 g/mol. The van der Waals surface area contributed by atoms with Crippen molar-refractivity contribution in [2.75, 3.05) is 0 Å². The number of nitrogens with two attached hydrogens (primary N) is 1. The van der Waals surface area contributed by atoms with E-state index in [-0.39, 0.29) is 6.04 Å². The highest BCUT2D eigenvalue weighted by atomic mass is 16.3. The molecule has 1 fully saturated rings. The van der Waals surface area contributed by atoms with Crippen LogP contribution in [0, 0.1) is 0 Å². The Morgan fingerprint density at radius 2 is 1.83 bits per heavy atom. The third kappa shape index (κ3) is 1.24. The summed E-state index contributed by atoms with van der Waals surface area (Å²) in [5.74, 6) is 0. The molecule has 0 heterocycles. The first kappa shape index (κ1) is 7.77. The van der Waals surface area contributed by atoms with Crippen LogP contribution in [0.15, 0.2) is 30.3 Å². The van der Waals surface area contributed by atoms with Gasteiger partial charge in [-0.15, -0.1) is 0 Å². The summed E-state index contributed by atoms with van der Waals surface area (Å²) in [5.41, 5.74) is 6.30. The minimum Gasteiger partial charge on any atom is -0.388 e. The molecular formula is C10H13NO. The summed E-state index contributed by atoms with van der Waals surface area (Å²) < 4.78 is 0. The van der Waals surface area contributed by atoms with Gasteiger partial charge in [0.1, 0.15) is 0 Å². The van der Waals surface area contributed by atoms with Gasteiger partial charge in [-0.2, -0.15) is 0 Å². The Balaban J connectivity index is 2.20. The maximum Gasteiger partial charge on any atom is 0.0841 e. The minimum atomic E-state index is -0.610. The quantitative estimate of drug-likeness (QED) is 0.688. The largest absolute Gasteiger partial charge is 0.388 e. The van der Waals surface area contributed by atoms with E-state index in [0.29, 0.717) is 0 Å². The number of benzene rings is 1. The van der Waals surface area contributed by atoms with E-state index < -0.39 is 5.60 Å². The van der Waals surface area contributed by atoms with Crippen molar-refractivity contribution in [2.24, 2.45) is 5.73 Å². The Kier molecular flexibility index (Phi) is 1.67. The molecule has 0 spiro atoms. The van der Waals surface area contributed by atoms with Gasteiger partial charge in [0, 0.05) is 0 Å². The lowest BCUT2D eigenvalue weighted by molar-refractivity contribution is 0.120. The van der Waals surface area contributed by atoms with Crippen LogP contribution in [0.5, 0.6) is 0 Å². The number of hydrogen-bond acceptors (Lipinski definition) is 2. The molecule has 0 aliphatic heterocycles. The molecule has 0 unspecified atom stereocenters. The monoisotopic (exact) mass is 163 g/mol. The summed E-state index contributed by atoms with van der Waals surface area (Å²) in [4.78, 5) is 0. The third-order valence-corrected chi connectivity index (χ3v) is 2.50. The molecule has 1 aliphatic carbocycles. The number of rotatable bonds is 2. The fraction of sp³-hybridized carbons (Fsp3) is 0.400. The molecule has 64 valence electrons. The van der Waals surface area contributed by atoms with E-state index in [2.05, 4.69) is 0 Å². The van der Waals surface area contributed by atoms with E-state index in [1.165, 1.54) is 0 Å². The maximum atomic E-state index is 9.73. The van der Waals surface area contributed by atoms with E-state index in [1.54, 1.807) is 0 Å². The normalized spacial score (nSPS) is 21.8. The van der Waals surface area contributed by atoms with Crippen molar-refractivity contribution in [1.29, 1.82) is 0 Å². The summed E-state index contributed by atoms with van der Waals surface area (Å²) >= 11 is 0. The Labute approximate surface area is 72.0 Å². The van der Waals surface area contributed by atoms with Crippen LogP contribution in [0.4, 0.5) is 0 Å². The Bertz CT molecular complexity index is 266. The Hall–Kier alpha value is -0.860. The van der Waals surface area contributed by atoms with Crippen LogP contribution in [-0.2, 0) is 0 Å². The van der Waals surface area contributed by atoms with Gasteiger partial charge in [-0.05, 0) is 18.4 Å². The predicted octanol–water partition coefficient (Wildman–Crippen LogP) is 1.21. The van der Waals surface area contributed by atoms with Crippen molar-refractivity contribution in [2.45, 2.75) is 24.5 Å². The average molecular weight is 163 g/mol. The van der Waals surface area contributed by atoms with Crippen molar-refractivity contribution < 1.29 is 5.11 Å². The SMILES string of the molecule is N[C@H](c1ccccc1)C1(O)CC1. The summed E-state index contributed by atoms with van der Waals surface area (Å²) in [6, 6.07) is 9.55. The fourth-order valence-electron chi connectivity index (χ4n) is 1.41. The summed E-state index contributed by atoms with van der Waals surface area (Å²) in [6.07, 6.45) is 1.67. The lowest BCUT2D eigenvalue weighted by Crippen LogP contribution is -2.27. The van der Waals surface area contributed by atoms with Gasteiger partial charge >= 0.3 is 0 Å². The van der Waals surface area contributed by atoms with Gasteiger partial charge in [-0.1, -0.05) is 30.3 Å². The van der Waals surface area contributed by atoms with Crippen LogP contribution in [0.3, 0.4) is 0 Å². The number of hydrogen-bond donors (Lipinski definition) is 2. The zero-order valence-corrected chi connectivity index (χ0v) is 6.90. The van der Waals surface area contributed by atoms with Crippen LogP contribution < -0.4 is 5.73 Å². The molecule has 2 heteroatoms. The summed E-state index contributed by atoms with van der Waals surface area (Å²) in [6.45, 7) is 0. The van der Waals surface area contributed by atoms with Crippen molar-refractivity contribution >= 4 is 0 Å². The molecule has 1 aromatic rings. The van der Waals surface area contributed by atoms with Crippen LogP contribution >= 0.6 is 0 Å². The van der Waals surface area contributed by atoms with Crippen LogP contribution in [0.2, 0.25) is 0 Å². The molecule has 2 nitrogen and oxygen atoms in total. The first-order valence-corrected chi connectivity index (χ1v) is 4.25. The molecule has 1 atom stereocenters. The maximum absolute atomic E-state index is 9.73. The minimum absolute atomic E-state index is 0.210. The molecule has 3 N–H and O–H groups in total. The summed E-state index contributed by atoms with van der Waals surface area (Å²) in [5, 5.41) is 9.73. The van der Waals surface area contributed by atoms with Crippen LogP contribution in [0.25, 0.3) is 0 Å². The second kappa shape index (κ2) is 2.57. The van der Waals surface area contributed by atoms with Gasteiger partial charge in [0.2, 0.25) is 0 Å². The van der Waals surface area contributed by atoms with Crippen molar-refractivity contribution in [1.82, 2.24) is 0 Å². The Morgan fingerprint density at radius 1 is 1.25 bits per heavy atom. The van der Waals surface area contributed by atoms with E-state index in [0.717, 1.165) is 18.4 Å². The van der Waals surface area contributed by atoms with Gasteiger partial charge in [-0.3, -0.25) is 0 Å². The molecule has 0 aromatic heterocycles. The zero-order valence-electron chi connectivity index (χ0n) is 6.90. The third-order valence-electron chi connectivity index (χ3n) is 2.50. The molecule has 1 saturated carbocycles. The van der Waals surface area contributed by atoms with Gasteiger partial charge in [0.05, 0.1) is 11.6 Å². The molecule has 0 bridgehead atoms. The van der Waals surface area contributed by atoms with E-state index in [4.69, 9.17) is 5.73 Å². The summed E-state index contributed by atoms with van der Waals surface area (Å²) in [7, 11) is 0. The van der Waals surface area contributed by atoms with E-state index in [1.807, 2.05) is 30.3 Å². The lowest BCUT2D eigenvalue weighted by Gasteiger charge is -2.17. The molecule has 1 aromatic carbocycles. The molecule has 12 heavy (non-hydrogen) atoms.